The molecule has 1 aliphatic rings. The zero-order valence-corrected chi connectivity index (χ0v) is 18.5. The first kappa shape index (κ1) is 21.9. The van der Waals surface area contributed by atoms with Crippen LogP contribution in [0.1, 0.15) is 41.4 Å². The predicted octanol–water partition coefficient (Wildman–Crippen LogP) is 4.32. The van der Waals surface area contributed by atoms with Gasteiger partial charge in [0.05, 0.1) is 20.3 Å². The van der Waals surface area contributed by atoms with E-state index in [2.05, 4.69) is 15.4 Å². The van der Waals surface area contributed by atoms with Gasteiger partial charge in [-0.05, 0) is 43.6 Å². The van der Waals surface area contributed by atoms with Gasteiger partial charge in [-0.15, -0.1) is 0 Å². The van der Waals surface area contributed by atoms with Crippen LogP contribution in [0.15, 0.2) is 59.1 Å². The molecule has 0 unspecified atom stereocenters. The van der Waals surface area contributed by atoms with Crippen LogP contribution in [-0.2, 0) is 0 Å². The van der Waals surface area contributed by atoms with Crippen LogP contribution in [0.2, 0.25) is 0 Å². The van der Waals surface area contributed by atoms with Crippen molar-refractivity contribution in [3.8, 4) is 22.8 Å². The summed E-state index contributed by atoms with van der Waals surface area (Å²) in [6.07, 6.45) is 3.55. The first-order valence-electron chi connectivity index (χ1n) is 11.0. The third-order valence-corrected chi connectivity index (χ3v) is 5.88. The van der Waals surface area contributed by atoms with Crippen LogP contribution in [0.25, 0.3) is 11.3 Å². The number of rotatable bonds is 8. The molecular weight excluding hydrogens is 406 g/mol. The summed E-state index contributed by atoms with van der Waals surface area (Å²) in [5, 5.41) is 7.02. The molecule has 0 aliphatic carbocycles. The lowest BCUT2D eigenvalue weighted by Gasteiger charge is -2.35. The highest BCUT2D eigenvalue weighted by Gasteiger charge is 2.25. The van der Waals surface area contributed by atoms with E-state index in [0.717, 1.165) is 37.1 Å². The van der Waals surface area contributed by atoms with Crippen molar-refractivity contribution in [3.05, 3.63) is 65.9 Å². The number of benzene rings is 2. The molecule has 0 radical (unpaired) electrons. The van der Waals surface area contributed by atoms with Crippen LogP contribution in [0.3, 0.4) is 0 Å². The van der Waals surface area contributed by atoms with E-state index in [1.165, 1.54) is 6.42 Å². The van der Waals surface area contributed by atoms with Crippen molar-refractivity contribution in [1.82, 2.24) is 15.4 Å². The minimum atomic E-state index is -0.251. The molecular formula is C25H29N3O4. The van der Waals surface area contributed by atoms with E-state index in [1.54, 1.807) is 20.3 Å². The Hall–Kier alpha value is -3.32. The maximum atomic E-state index is 12.8. The van der Waals surface area contributed by atoms with Gasteiger partial charge in [0.2, 0.25) is 0 Å². The molecule has 1 fully saturated rings. The van der Waals surface area contributed by atoms with Gasteiger partial charge in [-0.25, -0.2) is 0 Å². The van der Waals surface area contributed by atoms with E-state index in [4.69, 9.17) is 14.0 Å². The van der Waals surface area contributed by atoms with E-state index < -0.39 is 0 Å². The standard InChI is InChI=1S/C25H29N3O4/c1-30-22-12-11-19(15-24(22)31-2)21(28-13-7-4-8-14-28)17-26-25(29)20-16-23(32-27-20)18-9-5-3-6-10-18/h3,5-6,9-12,15-16,21H,4,7-8,13-14,17H2,1-2H3,(H,26,29)/t21-/m0/s1. The smallest absolute Gasteiger partial charge is 0.273 e. The summed E-state index contributed by atoms with van der Waals surface area (Å²) in [4.78, 5) is 15.3. The summed E-state index contributed by atoms with van der Waals surface area (Å²) >= 11 is 0. The predicted molar refractivity (Wildman–Crippen MR) is 122 cm³/mol. The van der Waals surface area contributed by atoms with E-state index in [0.29, 0.717) is 23.8 Å². The Morgan fingerprint density at radius 3 is 2.50 bits per heavy atom. The van der Waals surface area contributed by atoms with E-state index in [-0.39, 0.29) is 17.6 Å². The fraction of sp³-hybridized carbons (Fsp3) is 0.360. The zero-order valence-electron chi connectivity index (χ0n) is 18.5. The first-order chi connectivity index (χ1) is 15.7. The average molecular weight is 436 g/mol. The molecule has 1 amide bonds. The van der Waals surface area contributed by atoms with Gasteiger partial charge in [0, 0.05) is 18.2 Å². The molecule has 4 rings (SSSR count). The maximum absolute atomic E-state index is 12.8. The number of carbonyl (C=O) groups excluding carboxylic acids is 1. The topological polar surface area (TPSA) is 76.8 Å². The number of nitrogens with zero attached hydrogens (tertiary/aromatic N) is 2. The molecule has 0 bridgehead atoms. The normalized spacial score (nSPS) is 15.2. The molecule has 2 aromatic carbocycles. The van der Waals surface area contributed by atoms with Gasteiger partial charge < -0.3 is 19.3 Å². The van der Waals surface area contributed by atoms with Crippen molar-refractivity contribution in [3.63, 3.8) is 0 Å². The number of carbonyl (C=O) groups is 1. The Morgan fingerprint density at radius 2 is 1.78 bits per heavy atom. The fourth-order valence-corrected chi connectivity index (χ4v) is 4.15. The Bertz CT molecular complexity index is 1030. The van der Waals surface area contributed by atoms with Gasteiger partial charge in [0.25, 0.3) is 5.91 Å². The van der Waals surface area contributed by atoms with Crippen molar-refractivity contribution in [2.45, 2.75) is 25.3 Å². The van der Waals surface area contributed by atoms with Crippen LogP contribution >= 0.6 is 0 Å². The minimum Gasteiger partial charge on any atom is -0.493 e. The Labute approximate surface area is 188 Å². The van der Waals surface area contributed by atoms with Crippen molar-refractivity contribution in [2.24, 2.45) is 0 Å². The highest BCUT2D eigenvalue weighted by Crippen LogP contribution is 2.33. The molecule has 32 heavy (non-hydrogen) atoms. The van der Waals surface area contributed by atoms with Crippen molar-refractivity contribution in [2.75, 3.05) is 33.9 Å². The van der Waals surface area contributed by atoms with Gasteiger partial charge in [-0.2, -0.15) is 0 Å². The maximum Gasteiger partial charge on any atom is 0.273 e. The van der Waals surface area contributed by atoms with Crippen molar-refractivity contribution >= 4 is 5.91 Å². The summed E-state index contributed by atoms with van der Waals surface area (Å²) in [6, 6.07) is 17.3. The van der Waals surface area contributed by atoms with Crippen LogP contribution in [0, 0.1) is 0 Å². The van der Waals surface area contributed by atoms with Crippen LogP contribution in [0.5, 0.6) is 11.5 Å². The molecule has 1 N–H and O–H groups in total. The highest BCUT2D eigenvalue weighted by molar-refractivity contribution is 5.93. The lowest BCUT2D eigenvalue weighted by Crippen LogP contribution is -2.40. The number of methoxy groups -OCH3 is 2. The quantitative estimate of drug-likeness (QED) is 0.568. The van der Waals surface area contributed by atoms with Crippen molar-refractivity contribution < 1.29 is 18.8 Å². The summed E-state index contributed by atoms with van der Waals surface area (Å²) < 4.78 is 16.3. The van der Waals surface area contributed by atoms with Crippen LogP contribution in [0.4, 0.5) is 0 Å². The first-order valence-corrected chi connectivity index (χ1v) is 11.0. The summed E-state index contributed by atoms with van der Waals surface area (Å²) in [5.41, 5.74) is 2.24. The minimum absolute atomic E-state index is 0.0274. The fourth-order valence-electron chi connectivity index (χ4n) is 4.15. The summed E-state index contributed by atoms with van der Waals surface area (Å²) in [5.74, 6) is 1.69. The summed E-state index contributed by atoms with van der Waals surface area (Å²) in [7, 11) is 3.26. The lowest BCUT2D eigenvalue weighted by molar-refractivity contribution is 0.0915. The molecule has 3 aromatic rings. The number of aromatic nitrogens is 1. The summed E-state index contributed by atoms with van der Waals surface area (Å²) in [6.45, 7) is 2.45. The molecule has 7 heteroatoms. The number of hydrogen-bond donors (Lipinski definition) is 1. The highest BCUT2D eigenvalue weighted by atomic mass is 16.5. The SMILES string of the molecule is COc1ccc([C@H](CNC(=O)c2cc(-c3ccccc3)on2)N2CCCCC2)cc1OC. The second-order valence-corrected chi connectivity index (χ2v) is 7.88. The number of piperidine rings is 1. The van der Waals surface area contributed by atoms with Crippen LogP contribution < -0.4 is 14.8 Å². The molecule has 1 aromatic heterocycles. The molecule has 0 saturated carbocycles. The Kier molecular flexibility index (Phi) is 7.07. The second-order valence-electron chi connectivity index (χ2n) is 7.88. The Balaban J connectivity index is 1.50. The largest absolute Gasteiger partial charge is 0.493 e. The number of hydrogen-bond acceptors (Lipinski definition) is 6. The monoisotopic (exact) mass is 435 g/mol. The van der Waals surface area contributed by atoms with Crippen molar-refractivity contribution in [1.29, 1.82) is 0 Å². The number of amides is 1. The van der Waals surface area contributed by atoms with Gasteiger partial charge in [-0.3, -0.25) is 9.69 Å². The van der Waals surface area contributed by atoms with Gasteiger partial charge in [0.1, 0.15) is 0 Å². The van der Waals surface area contributed by atoms with E-state index >= 15 is 0 Å². The average Bonchev–Trinajstić information content (AvgIpc) is 3.36. The number of likely N-dealkylation sites (tertiary alicyclic amines) is 1. The van der Waals surface area contributed by atoms with E-state index in [9.17, 15) is 4.79 Å². The second kappa shape index (κ2) is 10.3. The third-order valence-electron chi connectivity index (χ3n) is 5.88. The Morgan fingerprint density at radius 1 is 1.03 bits per heavy atom. The van der Waals surface area contributed by atoms with Gasteiger partial charge in [0.15, 0.2) is 23.0 Å². The van der Waals surface area contributed by atoms with Gasteiger partial charge >= 0.3 is 0 Å². The molecule has 2 heterocycles. The zero-order chi connectivity index (χ0) is 22.3. The van der Waals surface area contributed by atoms with Crippen LogP contribution in [-0.4, -0.2) is 49.8 Å². The molecule has 1 atom stereocenters. The number of nitrogens with one attached hydrogen (secondary N) is 1. The van der Waals surface area contributed by atoms with E-state index in [1.807, 2.05) is 48.5 Å². The van der Waals surface area contributed by atoms with Gasteiger partial charge in [-0.1, -0.05) is 48.0 Å². The molecule has 0 spiro atoms. The molecule has 168 valence electrons. The molecule has 1 saturated heterocycles. The third kappa shape index (κ3) is 4.94. The molecule has 7 nitrogen and oxygen atoms in total. The lowest BCUT2D eigenvalue weighted by atomic mass is 10.0. The molecule has 1 aliphatic heterocycles. The number of ether oxygens (including phenoxy) is 2.